The van der Waals surface area contributed by atoms with Crippen LogP contribution in [0.25, 0.3) is 0 Å². The Morgan fingerprint density at radius 1 is 1.18 bits per heavy atom. The number of carboxylic acid groups (broad SMARTS) is 1. The summed E-state index contributed by atoms with van der Waals surface area (Å²) in [4.78, 5) is 31.3. The molecule has 0 fully saturated rings. The van der Waals surface area contributed by atoms with Crippen LogP contribution in [0.5, 0.6) is 0 Å². The van der Waals surface area contributed by atoms with E-state index in [9.17, 15) is 9.59 Å². The minimum atomic E-state index is -0.885. The summed E-state index contributed by atoms with van der Waals surface area (Å²) in [5.74, 6) is -1.15. The van der Waals surface area contributed by atoms with Gasteiger partial charge in [-0.1, -0.05) is 12.1 Å². The number of aliphatic carboxylic acids is 1. The van der Waals surface area contributed by atoms with Crippen LogP contribution in [0.1, 0.15) is 40.3 Å². The Bertz CT molecular complexity index is 711. The maximum atomic E-state index is 12.2. The molecule has 2 rings (SSSR count). The first-order chi connectivity index (χ1) is 10.4. The van der Waals surface area contributed by atoms with E-state index in [1.54, 1.807) is 45.0 Å². The molecule has 1 aromatic carbocycles. The Kier molecular flexibility index (Phi) is 4.50. The minimum absolute atomic E-state index is 0.295. The average molecular weight is 299 g/mol. The summed E-state index contributed by atoms with van der Waals surface area (Å²) in [6.07, 6.45) is 1.49. The monoisotopic (exact) mass is 299 g/mol. The lowest BCUT2D eigenvalue weighted by atomic mass is 10.0. The van der Waals surface area contributed by atoms with Crippen molar-refractivity contribution in [3.8, 4) is 0 Å². The lowest BCUT2D eigenvalue weighted by Gasteiger charge is -2.10. The van der Waals surface area contributed by atoms with Crippen molar-refractivity contribution in [1.82, 2.24) is 9.97 Å². The molecule has 1 aromatic heterocycles. The Balaban J connectivity index is 2.13. The van der Waals surface area contributed by atoms with Crippen LogP contribution in [0, 0.1) is 13.8 Å². The molecule has 0 spiro atoms. The number of carbonyl (C=O) groups excluding carboxylic acids is 1. The third-order valence-electron chi connectivity index (χ3n) is 3.38. The summed E-state index contributed by atoms with van der Waals surface area (Å²) in [6.45, 7) is 5.13. The highest BCUT2D eigenvalue weighted by Crippen LogP contribution is 2.19. The molecule has 0 aliphatic carbocycles. The zero-order chi connectivity index (χ0) is 16.3. The van der Waals surface area contributed by atoms with Gasteiger partial charge in [0.15, 0.2) is 0 Å². The zero-order valence-electron chi connectivity index (χ0n) is 12.6. The lowest BCUT2D eigenvalue weighted by Crippen LogP contribution is -2.15. The van der Waals surface area contributed by atoms with Crippen molar-refractivity contribution < 1.29 is 14.7 Å². The van der Waals surface area contributed by atoms with Crippen LogP contribution in [-0.4, -0.2) is 27.0 Å². The second-order valence-electron chi connectivity index (χ2n) is 5.05. The van der Waals surface area contributed by atoms with E-state index in [0.717, 1.165) is 0 Å². The standard InChI is InChI=1S/C16H17N3O3/c1-9(16(21)22)12-4-6-13(7-5-12)19-15(20)14-8-17-11(3)18-10(14)2/h4-9H,1-3H3,(H,19,20)(H,21,22)/t9-/m0/s1. The van der Waals surface area contributed by atoms with Gasteiger partial charge in [0.1, 0.15) is 5.82 Å². The van der Waals surface area contributed by atoms with Gasteiger partial charge < -0.3 is 10.4 Å². The highest BCUT2D eigenvalue weighted by atomic mass is 16.4. The molecule has 1 heterocycles. The maximum Gasteiger partial charge on any atom is 0.310 e. The van der Waals surface area contributed by atoms with Gasteiger partial charge in [-0.3, -0.25) is 9.59 Å². The molecule has 0 saturated heterocycles. The molecule has 0 saturated carbocycles. The van der Waals surface area contributed by atoms with E-state index in [-0.39, 0.29) is 5.91 Å². The van der Waals surface area contributed by atoms with Crippen molar-refractivity contribution in [3.05, 3.63) is 53.1 Å². The van der Waals surface area contributed by atoms with Crippen LogP contribution in [0.3, 0.4) is 0 Å². The fraction of sp³-hybridized carbons (Fsp3) is 0.250. The van der Waals surface area contributed by atoms with Gasteiger partial charge in [0.25, 0.3) is 5.91 Å². The summed E-state index contributed by atoms with van der Waals surface area (Å²) < 4.78 is 0. The quantitative estimate of drug-likeness (QED) is 0.905. The summed E-state index contributed by atoms with van der Waals surface area (Å²) in [5, 5.41) is 11.7. The highest BCUT2D eigenvalue weighted by Gasteiger charge is 2.14. The van der Waals surface area contributed by atoms with E-state index in [1.807, 2.05) is 0 Å². The summed E-state index contributed by atoms with van der Waals surface area (Å²) >= 11 is 0. The highest BCUT2D eigenvalue weighted by molar-refractivity contribution is 6.04. The molecule has 114 valence electrons. The molecule has 0 unspecified atom stereocenters. The van der Waals surface area contributed by atoms with Crippen molar-refractivity contribution in [2.75, 3.05) is 5.32 Å². The molecule has 0 radical (unpaired) electrons. The minimum Gasteiger partial charge on any atom is -0.481 e. The molecule has 0 bridgehead atoms. The van der Waals surface area contributed by atoms with Gasteiger partial charge in [0.05, 0.1) is 17.2 Å². The zero-order valence-corrected chi connectivity index (χ0v) is 12.6. The smallest absolute Gasteiger partial charge is 0.310 e. The van der Waals surface area contributed by atoms with Crippen LogP contribution in [-0.2, 0) is 4.79 Å². The van der Waals surface area contributed by atoms with Gasteiger partial charge in [0, 0.05) is 11.9 Å². The number of rotatable bonds is 4. The van der Waals surface area contributed by atoms with Crippen LogP contribution in [0.15, 0.2) is 30.5 Å². The predicted molar refractivity (Wildman–Crippen MR) is 82.0 cm³/mol. The molecule has 22 heavy (non-hydrogen) atoms. The first-order valence-electron chi connectivity index (χ1n) is 6.83. The fourth-order valence-corrected chi connectivity index (χ4v) is 2.00. The van der Waals surface area contributed by atoms with Gasteiger partial charge in [-0.2, -0.15) is 0 Å². The third kappa shape index (κ3) is 3.46. The second-order valence-corrected chi connectivity index (χ2v) is 5.05. The van der Waals surface area contributed by atoms with Crippen molar-refractivity contribution in [1.29, 1.82) is 0 Å². The first-order valence-corrected chi connectivity index (χ1v) is 6.83. The van der Waals surface area contributed by atoms with Gasteiger partial charge in [-0.05, 0) is 38.5 Å². The Morgan fingerprint density at radius 3 is 2.36 bits per heavy atom. The number of carboxylic acids is 1. The largest absolute Gasteiger partial charge is 0.481 e. The lowest BCUT2D eigenvalue weighted by molar-refractivity contribution is -0.138. The Hall–Kier alpha value is -2.76. The second kappa shape index (κ2) is 6.34. The number of aryl methyl sites for hydroxylation is 2. The summed E-state index contributed by atoms with van der Waals surface area (Å²) in [5.41, 5.74) is 2.29. The first kappa shape index (κ1) is 15.6. The topological polar surface area (TPSA) is 92.2 Å². The molecule has 6 heteroatoms. The summed E-state index contributed by atoms with van der Waals surface area (Å²) in [7, 11) is 0. The van der Waals surface area contributed by atoms with Gasteiger partial charge in [-0.25, -0.2) is 9.97 Å². The third-order valence-corrected chi connectivity index (χ3v) is 3.38. The van der Waals surface area contributed by atoms with Crippen LogP contribution in [0.4, 0.5) is 5.69 Å². The van der Waals surface area contributed by atoms with E-state index < -0.39 is 11.9 Å². The van der Waals surface area contributed by atoms with E-state index in [1.165, 1.54) is 6.20 Å². The van der Waals surface area contributed by atoms with E-state index >= 15 is 0 Å². The van der Waals surface area contributed by atoms with Crippen molar-refractivity contribution >= 4 is 17.6 Å². The van der Waals surface area contributed by atoms with Gasteiger partial charge >= 0.3 is 5.97 Å². The number of nitrogens with zero attached hydrogens (tertiary/aromatic N) is 2. The van der Waals surface area contributed by atoms with Gasteiger partial charge in [0.2, 0.25) is 0 Å². The van der Waals surface area contributed by atoms with Gasteiger partial charge in [-0.15, -0.1) is 0 Å². The van der Waals surface area contributed by atoms with E-state index in [4.69, 9.17) is 5.11 Å². The molecule has 6 nitrogen and oxygen atoms in total. The Labute approximate surface area is 128 Å². The van der Waals surface area contributed by atoms with Crippen molar-refractivity contribution in [2.45, 2.75) is 26.7 Å². The molecule has 2 aromatic rings. The van der Waals surface area contributed by atoms with Crippen LogP contribution < -0.4 is 5.32 Å². The van der Waals surface area contributed by atoms with Crippen LogP contribution in [0.2, 0.25) is 0 Å². The molecular weight excluding hydrogens is 282 g/mol. The number of benzene rings is 1. The number of carbonyl (C=O) groups is 2. The molecule has 1 atom stereocenters. The van der Waals surface area contributed by atoms with Crippen molar-refractivity contribution in [2.24, 2.45) is 0 Å². The predicted octanol–water partition coefficient (Wildman–Crippen LogP) is 2.53. The SMILES string of the molecule is Cc1ncc(C(=O)Nc2ccc([C@H](C)C(=O)O)cc2)c(C)n1. The van der Waals surface area contributed by atoms with Crippen molar-refractivity contribution in [3.63, 3.8) is 0 Å². The van der Waals surface area contributed by atoms with E-state index in [0.29, 0.717) is 28.3 Å². The molecule has 0 aliphatic rings. The number of aromatic nitrogens is 2. The number of anilines is 1. The number of hydrogen-bond acceptors (Lipinski definition) is 4. The normalized spacial score (nSPS) is 11.8. The average Bonchev–Trinajstić information content (AvgIpc) is 2.47. The summed E-state index contributed by atoms with van der Waals surface area (Å²) in [6, 6.07) is 6.73. The number of hydrogen-bond donors (Lipinski definition) is 2. The molecule has 2 N–H and O–H groups in total. The molecule has 0 aliphatic heterocycles. The van der Waals surface area contributed by atoms with E-state index in [2.05, 4.69) is 15.3 Å². The fourth-order valence-electron chi connectivity index (χ4n) is 2.00. The maximum absolute atomic E-state index is 12.2. The molecular formula is C16H17N3O3. The number of nitrogens with one attached hydrogen (secondary N) is 1. The van der Waals surface area contributed by atoms with Crippen LogP contribution >= 0.6 is 0 Å². The Morgan fingerprint density at radius 2 is 1.82 bits per heavy atom. The number of amides is 1. The molecule has 1 amide bonds.